The number of nitrogens with one attached hydrogen (secondary N) is 1. The van der Waals surface area contributed by atoms with Crippen LogP contribution in [0, 0.1) is 13.8 Å². The van der Waals surface area contributed by atoms with Crippen molar-refractivity contribution in [2.75, 3.05) is 5.32 Å². The third-order valence-corrected chi connectivity index (χ3v) is 4.54. The summed E-state index contributed by atoms with van der Waals surface area (Å²) in [6, 6.07) is 2.22. The maximum absolute atomic E-state index is 12.5. The van der Waals surface area contributed by atoms with Crippen molar-refractivity contribution in [2.24, 2.45) is 7.05 Å². The van der Waals surface area contributed by atoms with Gasteiger partial charge in [-0.25, -0.2) is 4.98 Å². The Morgan fingerprint density at radius 2 is 2.00 bits per heavy atom. The van der Waals surface area contributed by atoms with Crippen LogP contribution in [0.3, 0.4) is 0 Å². The normalized spacial score (nSPS) is 13.0. The van der Waals surface area contributed by atoms with E-state index in [1.54, 1.807) is 25.6 Å². The Labute approximate surface area is 141 Å². The molecule has 0 aliphatic carbocycles. The first-order valence-corrected chi connectivity index (χ1v) is 7.98. The Kier molecular flexibility index (Phi) is 5.22. The molecule has 2 heterocycles. The fourth-order valence-electron chi connectivity index (χ4n) is 2.03. The second kappa shape index (κ2) is 6.84. The van der Waals surface area contributed by atoms with Gasteiger partial charge in [0.2, 0.25) is 5.91 Å². The average Bonchev–Trinajstić information content (AvgIpc) is 2.73. The van der Waals surface area contributed by atoms with E-state index in [-0.39, 0.29) is 5.91 Å². The van der Waals surface area contributed by atoms with Crippen molar-refractivity contribution in [3.8, 4) is 0 Å². The Hall–Kier alpha value is -2.03. The van der Waals surface area contributed by atoms with Crippen LogP contribution in [0.15, 0.2) is 23.4 Å². The summed E-state index contributed by atoms with van der Waals surface area (Å²) in [5.41, 5.74) is 1.36. The van der Waals surface area contributed by atoms with E-state index in [2.05, 4.69) is 15.4 Å². The van der Waals surface area contributed by atoms with Crippen LogP contribution in [0.4, 0.5) is 18.9 Å². The number of thioether (sulfide) groups is 1. The smallest absolute Gasteiger partial charge is 0.322 e. The minimum atomic E-state index is -4.42. The molecular formula is C15H17F3N4OS. The van der Waals surface area contributed by atoms with Gasteiger partial charge in [-0.1, -0.05) is 11.8 Å². The van der Waals surface area contributed by atoms with E-state index in [4.69, 9.17) is 0 Å². The molecule has 1 amide bonds. The summed E-state index contributed by atoms with van der Waals surface area (Å²) in [6.45, 7) is 5.29. The molecule has 2 rings (SSSR count). The quantitative estimate of drug-likeness (QED) is 0.849. The number of rotatable bonds is 4. The molecular weight excluding hydrogens is 341 g/mol. The lowest BCUT2D eigenvalue weighted by molar-refractivity contribution is -0.137. The Morgan fingerprint density at radius 1 is 1.33 bits per heavy atom. The predicted octanol–water partition coefficient (Wildman–Crippen LogP) is 3.57. The van der Waals surface area contributed by atoms with E-state index in [9.17, 15) is 18.0 Å². The molecule has 1 N–H and O–H groups in total. The van der Waals surface area contributed by atoms with Crippen LogP contribution in [-0.4, -0.2) is 25.9 Å². The zero-order chi connectivity index (χ0) is 18.1. The monoisotopic (exact) mass is 358 g/mol. The fourth-order valence-corrected chi connectivity index (χ4v) is 2.82. The molecule has 2 aromatic heterocycles. The van der Waals surface area contributed by atoms with Gasteiger partial charge in [0.15, 0.2) is 0 Å². The highest BCUT2D eigenvalue weighted by Crippen LogP contribution is 2.30. The van der Waals surface area contributed by atoms with Gasteiger partial charge in [-0.15, -0.1) is 0 Å². The molecule has 0 saturated carbocycles. The van der Waals surface area contributed by atoms with Crippen molar-refractivity contribution < 1.29 is 18.0 Å². The van der Waals surface area contributed by atoms with Gasteiger partial charge in [0, 0.05) is 13.2 Å². The lowest BCUT2D eigenvalue weighted by Gasteiger charge is -2.12. The van der Waals surface area contributed by atoms with Crippen LogP contribution >= 0.6 is 11.8 Å². The van der Waals surface area contributed by atoms with Crippen molar-refractivity contribution in [1.82, 2.24) is 14.8 Å². The maximum atomic E-state index is 12.5. The molecule has 2 aromatic rings. The van der Waals surface area contributed by atoms with Gasteiger partial charge in [-0.05, 0) is 32.9 Å². The third-order valence-electron chi connectivity index (χ3n) is 3.49. The molecule has 1 atom stereocenters. The summed E-state index contributed by atoms with van der Waals surface area (Å²) in [4.78, 5) is 16.0. The Morgan fingerprint density at radius 3 is 2.46 bits per heavy atom. The molecule has 0 aromatic carbocycles. The van der Waals surface area contributed by atoms with E-state index in [0.29, 0.717) is 16.4 Å². The van der Waals surface area contributed by atoms with Gasteiger partial charge in [0.1, 0.15) is 0 Å². The summed E-state index contributed by atoms with van der Waals surface area (Å²) in [7, 11) is 1.78. The standard InChI is InChI=1S/C15H17F3N4OS/c1-8-13(9(2)22(4)21-8)20-14(23)10(3)24-12-6-5-11(7-19-12)15(16,17)18/h5-7,10H,1-4H3,(H,20,23). The highest BCUT2D eigenvalue weighted by molar-refractivity contribution is 8.00. The molecule has 0 fully saturated rings. The maximum Gasteiger partial charge on any atom is 0.417 e. The van der Waals surface area contributed by atoms with Crippen molar-refractivity contribution in [3.63, 3.8) is 0 Å². The molecule has 9 heteroatoms. The highest BCUT2D eigenvalue weighted by atomic mass is 32.2. The molecule has 0 bridgehead atoms. The van der Waals surface area contributed by atoms with Crippen molar-refractivity contribution in [3.05, 3.63) is 35.3 Å². The Bertz CT molecular complexity index is 740. The molecule has 130 valence electrons. The summed E-state index contributed by atoms with van der Waals surface area (Å²) < 4.78 is 39.2. The van der Waals surface area contributed by atoms with E-state index in [1.165, 1.54) is 6.07 Å². The molecule has 24 heavy (non-hydrogen) atoms. The number of anilines is 1. The lowest BCUT2D eigenvalue weighted by Crippen LogP contribution is -2.23. The van der Waals surface area contributed by atoms with Gasteiger partial charge < -0.3 is 5.32 Å². The number of amides is 1. The molecule has 0 aliphatic heterocycles. The zero-order valence-corrected chi connectivity index (χ0v) is 14.4. The molecule has 0 saturated heterocycles. The lowest BCUT2D eigenvalue weighted by atomic mass is 10.3. The first kappa shape index (κ1) is 18.3. The number of hydrogen-bond donors (Lipinski definition) is 1. The van der Waals surface area contributed by atoms with Gasteiger partial charge in [-0.3, -0.25) is 9.48 Å². The van der Waals surface area contributed by atoms with Crippen molar-refractivity contribution in [2.45, 2.75) is 37.2 Å². The number of hydrogen-bond acceptors (Lipinski definition) is 4. The summed E-state index contributed by atoms with van der Waals surface area (Å²) >= 11 is 1.09. The Balaban J connectivity index is 2.04. The van der Waals surface area contributed by atoms with Gasteiger partial charge in [0.25, 0.3) is 0 Å². The topological polar surface area (TPSA) is 59.8 Å². The summed E-state index contributed by atoms with van der Waals surface area (Å²) in [6.07, 6.45) is -3.66. The SMILES string of the molecule is Cc1nn(C)c(C)c1NC(=O)C(C)Sc1ccc(C(F)(F)F)cn1. The molecule has 1 unspecified atom stereocenters. The van der Waals surface area contributed by atoms with E-state index in [1.807, 2.05) is 6.92 Å². The van der Waals surface area contributed by atoms with Crippen LogP contribution in [0.5, 0.6) is 0 Å². The van der Waals surface area contributed by atoms with Gasteiger partial charge in [-0.2, -0.15) is 18.3 Å². The van der Waals surface area contributed by atoms with Crippen molar-refractivity contribution in [1.29, 1.82) is 0 Å². The summed E-state index contributed by atoms with van der Waals surface area (Å²) in [5, 5.41) is 6.85. The van der Waals surface area contributed by atoms with Crippen LogP contribution in [0.1, 0.15) is 23.9 Å². The summed E-state index contributed by atoms with van der Waals surface area (Å²) in [5.74, 6) is -0.263. The van der Waals surface area contributed by atoms with E-state index in [0.717, 1.165) is 29.7 Å². The molecule has 5 nitrogen and oxygen atoms in total. The number of aromatic nitrogens is 3. The fraction of sp³-hybridized carbons (Fsp3) is 0.400. The number of nitrogens with zero attached hydrogens (tertiary/aromatic N) is 3. The minimum absolute atomic E-state index is 0.263. The number of pyridine rings is 1. The first-order chi connectivity index (χ1) is 11.1. The van der Waals surface area contributed by atoms with E-state index < -0.39 is 17.0 Å². The number of alkyl halides is 3. The van der Waals surface area contributed by atoms with E-state index >= 15 is 0 Å². The first-order valence-electron chi connectivity index (χ1n) is 7.10. The minimum Gasteiger partial charge on any atom is -0.322 e. The average molecular weight is 358 g/mol. The number of carbonyl (C=O) groups is 1. The third kappa shape index (κ3) is 4.08. The van der Waals surface area contributed by atoms with Gasteiger partial charge in [0.05, 0.1) is 32.9 Å². The van der Waals surface area contributed by atoms with Gasteiger partial charge >= 0.3 is 6.18 Å². The predicted molar refractivity (Wildman–Crippen MR) is 85.9 cm³/mol. The van der Waals surface area contributed by atoms with Crippen LogP contribution in [-0.2, 0) is 18.0 Å². The van der Waals surface area contributed by atoms with Crippen LogP contribution in [0.2, 0.25) is 0 Å². The zero-order valence-electron chi connectivity index (χ0n) is 13.6. The van der Waals surface area contributed by atoms with Crippen LogP contribution in [0.25, 0.3) is 0 Å². The number of halogens is 3. The molecule has 0 aliphatic rings. The second-order valence-corrected chi connectivity index (χ2v) is 6.66. The van der Waals surface area contributed by atoms with Crippen LogP contribution < -0.4 is 5.32 Å². The second-order valence-electron chi connectivity index (χ2n) is 5.30. The highest BCUT2D eigenvalue weighted by Gasteiger charge is 2.30. The molecule has 0 spiro atoms. The number of carbonyl (C=O) groups excluding carboxylic acids is 1. The van der Waals surface area contributed by atoms with Crippen molar-refractivity contribution >= 4 is 23.4 Å². The number of aryl methyl sites for hydroxylation is 2. The largest absolute Gasteiger partial charge is 0.417 e. The molecule has 0 radical (unpaired) electrons.